The van der Waals surface area contributed by atoms with Gasteiger partial charge in [0.2, 0.25) is 5.52 Å². The number of rotatable bonds is 2. The van der Waals surface area contributed by atoms with Crippen molar-refractivity contribution in [3.63, 3.8) is 0 Å². The summed E-state index contributed by atoms with van der Waals surface area (Å²) in [5.74, 6) is 0.845. The first-order valence-electron chi connectivity index (χ1n) is 12.5. The van der Waals surface area contributed by atoms with Crippen molar-refractivity contribution in [2.45, 2.75) is 52.9 Å². The van der Waals surface area contributed by atoms with Gasteiger partial charge in [-0.15, -0.1) is 0 Å². The predicted octanol–water partition coefficient (Wildman–Crippen LogP) is 7.47. The van der Waals surface area contributed by atoms with Crippen LogP contribution in [0.2, 0.25) is 0 Å². The molecule has 3 aromatic heterocycles. The molecule has 2 heteroatoms. The molecule has 7 rings (SSSR count). The first-order valence-corrected chi connectivity index (χ1v) is 12.5. The molecule has 1 aliphatic carbocycles. The Morgan fingerprint density at radius 1 is 0.848 bits per heavy atom. The third-order valence-corrected chi connectivity index (χ3v) is 8.58. The Morgan fingerprint density at radius 2 is 1.58 bits per heavy atom. The monoisotopic (exact) mass is 431 g/mol. The maximum absolute atomic E-state index is 2.61. The zero-order chi connectivity index (χ0) is 22.4. The second-order valence-electron chi connectivity index (χ2n) is 10.6. The minimum absolute atomic E-state index is 0.845. The molecule has 0 spiro atoms. The van der Waals surface area contributed by atoms with E-state index in [9.17, 15) is 0 Å². The lowest BCUT2D eigenvalue weighted by Crippen LogP contribution is -2.29. The van der Waals surface area contributed by atoms with Gasteiger partial charge in [-0.25, -0.2) is 4.57 Å². The molecular weight excluding hydrogens is 400 g/mol. The van der Waals surface area contributed by atoms with Crippen molar-refractivity contribution in [3.05, 3.63) is 70.9 Å². The number of benzene rings is 3. The van der Waals surface area contributed by atoms with Crippen LogP contribution in [-0.2, 0) is 13.5 Å². The van der Waals surface area contributed by atoms with Crippen LogP contribution in [0.1, 0.15) is 47.9 Å². The number of nitrogens with zero attached hydrogens (tertiary/aromatic N) is 2. The molecule has 3 aromatic carbocycles. The third-order valence-electron chi connectivity index (χ3n) is 8.58. The fraction of sp³-hybridized carbons (Fsp3) is 0.323. The molecule has 164 valence electrons. The predicted molar refractivity (Wildman–Crippen MR) is 140 cm³/mol. The molecule has 0 atom stereocenters. The summed E-state index contributed by atoms with van der Waals surface area (Å²) in [4.78, 5) is 0. The first-order chi connectivity index (χ1) is 16.0. The Balaban J connectivity index is 1.76. The van der Waals surface area contributed by atoms with Crippen molar-refractivity contribution in [2.75, 3.05) is 0 Å². The summed E-state index contributed by atoms with van der Waals surface area (Å²) >= 11 is 0. The van der Waals surface area contributed by atoms with Crippen molar-refractivity contribution in [3.8, 4) is 0 Å². The van der Waals surface area contributed by atoms with E-state index in [1.807, 2.05) is 0 Å². The van der Waals surface area contributed by atoms with Crippen LogP contribution in [0.15, 0.2) is 48.7 Å². The molecular formula is C31H31N2+. The molecule has 0 aliphatic heterocycles. The summed E-state index contributed by atoms with van der Waals surface area (Å²) in [6.45, 7) is 6.81. The van der Waals surface area contributed by atoms with E-state index in [1.165, 1.54) is 103 Å². The highest BCUT2D eigenvalue weighted by atomic mass is 15.0. The molecule has 0 amide bonds. The quantitative estimate of drug-likeness (QED) is 0.153. The smallest absolute Gasteiger partial charge is 0.224 e. The van der Waals surface area contributed by atoms with Gasteiger partial charge in [0.15, 0.2) is 6.20 Å². The molecule has 3 heterocycles. The van der Waals surface area contributed by atoms with E-state index in [-0.39, 0.29) is 0 Å². The van der Waals surface area contributed by atoms with Gasteiger partial charge in [-0.05, 0) is 66.8 Å². The molecule has 6 aromatic rings. The number of hydrogen-bond acceptors (Lipinski definition) is 0. The van der Waals surface area contributed by atoms with E-state index in [0.717, 1.165) is 5.92 Å². The number of aromatic nitrogens is 2. The first kappa shape index (κ1) is 19.3. The van der Waals surface area contributed by atoms with Gasteiger partial charge in [0.25, 0.3) is 0 Å². The van der Waals surface area contributed by atoms with Crippen LogP contribution >= 0.6 is 0 Å². The Hall–Kier alpha value is -3.13. The average molecular weight is 432 g/mol. The summed E-state index contributed by atoms with van der Waals surface area (Å²) in [6, 6.07) is 16.6. The summed E-state index contributed by atoms with van der Waals surface area (Å²) in [6.07, 6.45) is 9.05. The van der Waals surface area contributed by atoms with Crippen molar-refractivity contribution in [1.82, 2.24) is 4.40 Å². The largest absolute Gasteiger partial charge is 0.307 e. The van der Waals surface area contributed by atoms with Crippen molar-refractivity contribution in [2.24, 2.45) is 13.0 Å². The fourth-order valence-corrected chi connectivity index (χ4v) is 6.78. The molecule has 0 unspecified atom stereocenters. The third kappa shape index (κ3) is 2.52. The Bertz CT molecular complexity index is 1730. The van der Waals surface area contributed by atoms with Crippen LogP contribution in [0.3, 0.4) is 0 Å². The van der Waals surface area contributed by atoms with E-state index < -0.39 is 0 Å². The van der Waals surface area contributed by atoms with E-state index in [1.54, 1.807) is 0 Å². The maximum atomic E-state index is 2.61. The van der Waals surface area contributed by atoms with Crippen LogP contribution in [0.4, 0.5) is 0 Å². The van der Waals surface area contributed by atoms with E-state index in [4.69, 9.17) is 0 Å². The molecule has 33 heavy (non-hydrogen) atoms. The van der Waals surface area contributed by atoms with Crippen LogP contribution in [-0.4, -0.2) is 4.40 Å². The Morgan fingerprint density at radius 3 is 2.36 bits per heavy atom. The van der Waals surface area contributed by atoms with Crippen LogP contribution in [0, 0.1) is 26.7 Å². The number of pyridine rings is 2. The SMILES string of the molecule is Cc1ccc2c3ccc(C)c4c3n(c3cc(CC5CCCC5)cc5cc[n+](C)c4c53)c2c1C. The second kappa shape index (κ2) is 6.70. The highest BCUT2D eigenvalue weighted by Gasteiger charge is 2.25. The van der Waals surface area contributed by atoms with Crippen LogP contribution in [0.25, 0.3) is 49.0 Å². The molecule has 1 aliphatic rings. The molecule has 0 radical (unpaired) electrons. The average Bonchev–Trinajstić information content (AvgIpc) is 3.43. The van der Waals surface area contributed by atoms with Crippen molar-refractivity contribution in [1.29, 1.82) is 0 Å². The van der Waals surface area contributed by atoms with Gasteiger partial charge in [0.1, 0.15) is 7.05 Å². The molecule has 1 saturated carbocycles. The Labute approximate surface area is 194 Å². The standard InChI is InChI=1S/C31H31N2/c1-18-9-11-24-25-12-10-19(2)27-30(25)33(29(24)20(18)3)26-17-22(15-21-7-5-6-8-21)16-23-13-14-32(4)31(27)28(23)26/h9-14,16-17,21H,5-8,15H2,1-4H3/q+1. The van der Waals surface area contributed by atoms with Crippen LogP contribution < -0.4 is 4.57 Å². The minimum Gasteiger partial charge on any atom is -0.307 e. The Kier molecular flexibility index (Phi) is 3.93. The normalized spacial score (nSPS) is 15.4. The topological polar surface area (TPSA) is 8.29 Å². The fourth-order valence-electron chi connectivity index (χ4n) is 6.78. The van der Waals surface area contributed by atoms with Gasteiger partial charge in [-0.1, -0.05) is 56.0 Å². The van der Waals surface area contributed by atoms with Gasteiger partial charge in [0.05, 0.1) is 27.3 Å². The van der Waals surface area contributed by atoms with Crippen molar-refractivity contribution < 1.29 is 4.57 Å². The van der Waals surface area contributed by atoms with Crippen molar-refractivity contribution >= 4 is 49.0 Å². The van der Waals surface area contributed by atoms with Gasteiger partial charge < -0.3 is 4.40 Å². The molecule has 0 saturated heterocycles. The summed E-state index contributed by atoms with van der Waals surface area (Å²) in [5, 5.41) is 6.92. The zero-order valence-electron chi connectivity index (χ0n) is 20.1. The number of aryl methyl sites for hydroxylation is 4. The highest BCUT2D eigenvalue weighted by molar-refractivity contribution is 6.26. The summed E-state index contributed by atoms with van der Waals surface area (Å²) < 4.78 is 4.95. The molecule has 0 N–H and O–H groups in total. The summed E-state index contributed by atoms with van der Waals surface area (Å²) in [5.41, 5.74) is 11.1. The van der Waals surface area contributed by atoms with E-state index in [0.29, 0.717) is 0 Å². The maximum Gasteiger partial charge on any atom is 0.224 e. The molecule has 1 fully saturated rings. The molecule has 0 bridgehead atoms. The highest BCUT2D eigenvalue weighted by Crippen LogP contribution is 2.42. The lowest BCUT2D eigenvalue weighted by Gasteiger charge is -2.16. The van der Waals surface area contributed by atoms with Gasteiger partial charge in [-0.3, -0.25) is 0 Å². The molecule has 2 nitrogen and oxygen atoms in total. The van der Waals surface area contributed by atoms with Crippen LogP contribution in [0.5, 0.6) is 0 Å². The van der Waals surface area contributed by atoms with E-state index in [2.05, 4.69) is 85.4 Å². The minimum atomic E-state index is 0.845. The second-order valence-corrected chi connectivity index (χ2v) is 10.6. The summed E-state index contributed by atoms with van der Waals surface area (Å²) in [7, 11) is 2.21. The van der Waals surface area contributed by atoms with E-state index >= 15 is 0 Å². The van der Waals surface area contributed by atoms with Gasteiger partial charge >= 0.3 is 0 Å². The lowest BCUT2D eigenvalue weighted by atomic mass is 9.94. The lowest BCUT2D eigenvalue weighted by molar-refractivity contribution is -0.643. The number of hydrogen-bond donors (Lipinski definition) is 0. The zero-order valence-corrected chi connectivity index (χ0v) is 20.1. The number of fused-ring (bicyclic) bond motifs is 5. The van der Waals surface area contributed by atoms with Gasteiger partial charge in [0, 0.05) is 16.8 Å². The van der Waals surface area contributed by atoms with Gasteiger partial charge in [-0.2, -0.15) is 0 Å².